The van der Waals surface area contributed by atoms with Crippen LogP contribution in [0, 0.1) is 5.92 Å². The van der Waals surface area contributed by atoms with Crippen LogP contribution < -0.4 is 5.73 Å². The number of likely N-dealkylation sites (N-methyl/N-ethyl adjacent to an activating group) is 1. The summed E-state index contributed by atoms with van der Waals surface area (Å²) in [6.45, 7) is 0.288. The third-order valence-electron chi connectivity index (χ3n) is 2.92. The zero-order valence-electron chi connectivity index (χ0n) is 8.30. The fourth-order valence-corrected chi connectivity index (χ4v) is 2.17. The zero-order chi connectivity index (χ0) is 10.1. The first-order valence-corrected chi connectivity index (χ1v) is 4.90. The van der Waals surface area contributed by atoms with Gasteiger partial charge in [0.25, 0.3) is 0 Å². The molecule has 3 N–H and O–H groups in total. The van der Waals surface area contributed by atoms with E-state index in [0.29, 0.717) is 5.92 Å². The maximum absolute atomic E-state index is 9.77. The van der Waals surface area contributed by atoms with E-state index in [1.54, 1.807) is 0 Å². The maximum atomic E-state index is 9.77. The normalized spacial score (nSPS) is 31.6. The predicted molar refractivity (Wildman–Crippen MR) is 56.5 cm³/mol. The Kier molecular flexibility index (Phi) is 2.44. The molecule has 0 spiro atoms. The lowest BCUT2D eigenvalue weighted by molar-refractivity contribution is 0.191. The highest BCUT2D eigenvalue weighted by Crippen LogP contribution is 2.31. The van der Waals surface area contributed by atoms with Crippen LogP contribution in [-0.4, -0.2) is 35.7 Å². The molecule has 1 aliphatic heterocycles. The molecule has 0 aromatic heterocycles. The Balaban J connectivity index is 2.24. The van der Waals surface area contributed by atoms with Crippen LogP contribution in [0.15, 0.2) is 36.1 Å². The fourth-order valence-electron chi connectivity index (χ4n) is 2.17. The third-order valence-corrected chi connectivity index (χ3v) is 2.92. The minimum Gasteiger partial charge on any atom is -0.387 e. The van der Waals surface area contributed by atoms with Crippen molar-refractivity contribution in [1.29, 1.82) is 0 Å². The summed E-state index contributed by atoms with van der Waals surface area (Å²) in [5.74, 6) is 0.390. The Morgan fingerprint density at radius 3 is 3.07 bits per heavy atom. The van der Waals surface area contributed by atoms with Gasteiger partial charge in [-0.2, -0.15) is 0 Å². The van der Waals surface area contributed by atoms with Crippen molar-refractivity contribution in [3.8, 4) is 0 Å². The number of fused-ring (bicyclic) bond motifs is 1. The number of hydrogen-bond donors (Lipinski definition) is 2. The second kappa shape index (κ2) is 3.59. The fraction of sp³-hybridized carbons (Fsp3) is 0.455. The highest BCUT2D eigenvalue weighted by molar-refractivity contribution is 5.34. The van der Waals surface area contributed by atoms with Crippen molar-refractivity contribution in [3.05, 3.63) is 36.1 Å². The predicted octanol–water partition coefficient (Wildman–Crippen LogP) is 0.246. The van der Waals surface area contributed by atoms with E-state index in [9.17, 15) is 5.11 Å². The first-order chi connectivity index (χ1) is 6.74. The number of nitrogens with two attached hydrogens (primary N) is 1. The van der Waals surface area contributed by atoms with Crippen molar-refractivity contribution < 1.29 is 5.11 Å². The molecule has 0 radical (unpaired) electrons. The third kappa shape index (κ3) is 1.38. The lowest BCUT2D eigenvalue weighted by Crippen LogP contribution is -2.38. The summed E-state index contributed by atoms with van der Waals surface area (Å²) in [4.78, 5) is 2.12. The van der Waals surface area contributed by atoms with Gasteiger partial charge in [0.2, 0.25) is 0 Å². The number of aliphatic hydroxyl groups excluding tert-OH is 1. The quantitative estimate of drug-likeness (QED) is 0.659. The van der Waals surface area contributed by atoms with Gasteiger partial charge in [0, 0.05) is 19.5 Å². The molecule has 3 nitrogen and oxygen atoms in total. The highest BCUT2D eigenvalue weighted by atomic mass is 16.3. The Labute approximate surface area is 84.2 Å². The van der Waals surface area contributed by atoms with E-state index in [-0.39, 0.29) is 12.6 Å². The Morgan fingerprint density at radius 1 is 1.57 bits per heavy atom. The van der Waals surface area contributed by atoms with Gasteiger partial charge in [-0.15, -0.1) is 0 Å². The van der Waals surface area contributed by atoms with E-state index in [4.69, 9.17) is 5.73 Å². The molecule has 0 aromatic rings. The lowest BCUT2D eigenvalue weighted by atomic mass is 9.87. The topological polar surface area (TPSA) is 49.5 Å². The molecule has 1 aliphatic carbocycles. The highest BCUT2D eigenvalue weighted by Gasteiger charge is 2.32. The van der Waals surface area contributed by atoms with E-state index in [1.807, 2.05) is 19.2 Å². The van der Waals surface area contributed by atoms with Crippen molar-refractivity contribution in [2.45, 2.75) is 12.1 Å². The Morgan fingerprint density at radius 2 is 2.36 bits per heavy atom. The first-order valence-electron chi connectivity index (χ1n) is 4.90. The average Bonchev–Trinajstić information content (AvgIpc) is 2.59. The molecule has 0 amide bonds. The van der Waals surface area contributed by atoms with Crippen molar-refractivity contribution in [1.82, 2.24) is 4.90 Å². The van der Waals surface area contributed by atoms with E-state index in [2.05, 4.69) is 23.3 Å². The van der Waals surface area contributed by atoms with Crippen LogP contribution in [0.25, 0.3) is 0 Å². The number of allylic oxidation sites excluding steroid dienone is 2. The van der Waals surface area contributed by atoms with Gasteiger partial charge < -0.3 is 15.7 Å². The molecule has 2 rings (SSSR count). The van der Waals surface area contributed by atoms with Gasteiger partial charge >= 0.3 is 0 Å². The van der Waals surface area contributed by atoms with Crippen LogP contribution in [0.4, 0.5) is 0 Å². The minimum atomic E-state index is -0.519. The van der Waals surface area contributed by atoms with Gasteiger partial charge in [-0.05, 0) is 11.8 Å². The summed E-state index contributed by atoms with van der Waals surface area (Å²) in [6, 6.07) is 0.263. The van der Waals surface area contributed by atoms with Gasteiger partial charge in [0.15, 0.2) is 0 Å². The average molecular weight is 192 g/mol. The molecule has 3 heteroatoms. The molecule has 0 fully saturated rings. The Bertz CT molecular complexity index is 306. The van der Waals surface area contributed by atoms with Crippen LogP contribution in [-0.2, 0) is 0 Å². The summed E-state index contributed by atoms with van der Waals surface area (Å²) in [6.07, 6.45) is 9.81. The van der Waals surface area contributed by atoms with Crippen molar-refractivity contribution in [2.24, 2.45) is 11.7 Å². The summed E-state index contributed by atoms with van der Waals surface area (Å²) < 4.78 is 0. The zero-order valence-corrected chi connectivity index (χ0v) is 8.30. The van der Waals surface area contributed by atoms with Crippen molar-refractivity contribution in [2.75, 3.05) is 13.6 Å². The maximum Gasteiger partial charge on any atom is 0.0895 e. The smallest absolute Gasteiger partial charge is 0.0895 e. The van der Waals surface area contributed by atoms with Crippen molar-refractivity contribution in [3.63, 3.8) is 0 Å². The van der Waals surface area contributed by atoms with Gasteiger partial charge in [0.1, 0.15) is 0 Å². The summed E-state index contributed by atoms with van der Waals surface area (Å²) in [7, 11) is 2.03. The van der Waals surface area contributed by atoms with Crippen LogP contribution in [0.2, 0.25) is 0 Å². The van der Waals surface area contributed by atoms with E-state index in [0.717, 1.165) is 5.57 Å². The minimum absolute atomic E-state index is 0.263. The van der Waals surface area contributed by atoms with E-state index >= 15 is 0 Å². The molecule has 3 unspecified atom stereocenters. The lowest BCUT2D eigenvalue weighted by Gasteiger charge is -2.31. The monoisotopic (exact) mass is 192 g/mol. The van der Waals surface area contributed by atoms with Crippen molar-refractivity contribution >= 4 is 0 Å². The molecule has 2 aliphatic rings. The standard InChI is InChI=1S/C11H16N2O/c1-13-6-5-8-3-2-4-9(11(8)13)10(14)7-12/h2-6,8,10-11,14H,7,12H2,1H3. The van der Waals surface area contributed by atoms with E-state index < -0.39 is 6.10 Å². The largest absolute Gasteiger partial charge is 0.387 e. The van der Waals surface area contributed by atoms with Crippen LogP contribution in [0.5, 0.6) is 0 Å². The number of hydrogen-bond acceptors (Lipinski definition) is 3. The van der Waals surface area contributed by atoms with Gasteiger partial charge in [-0.1, -0.05) is 24.3 Å². The second-order valence-electron chi connectivity index (χ2n) is 3.83. The van der Waals surface area contributed by atoms with Crippen LogP contribution in [0.1, 0.15) is 0 Å². The number of rotatable bonds is 2. The molecular formula is C11H16N2O. The first kappa shape index (κ1) is 9.49. The molecule has 0 saturated carbocycles. The number of nitrogens with zero attached hydrogens (tertiary/aromatic N) is 1. The summed E-state index contributed by atoms with van der Waals surface area (Å²) in [5.41, 5.74) is 6.50. The molecule has 3 atom stereocenters. The SMILES string of the molecule is CN1C=CC2C=CC=C(C(O)CN)C21. The molecule has 0 saturated heterocycles. The summed E-state index contributed by atoms with van der Waals surface area (Å²) in [5, 5.41) is 9.77. The molecule has 0 bridgehead atoms. The van der Waals surface area contributed by atoms with Crippen LogP contribution >= 0.6 is 0 Å². The van der Waals surface area contributed by atoms with Gasteiger partial charge in [-0.25, -0.2) is 0 Å². The van der Waals surface area contributed by atoms with E-state index in [1.165, 1.54) is 0 Å². The molecule has 0 aromatic carbocycles. The molecule has 1 heterocycles. The molecule has 14 heavy (non-hydrogen) atoms. The van der Waals surface area contributed by atoms with Crippen LogP contribution in [0.3, 0.4) is 0 Å². The number of aliphatic hydroxyl groups is 1. The molecular weight excluding hydrogens is 176 g/mol. The second-order valence-corrected chi connectivity index (χ2v) is 3.83. The van der Waals surface area contributed by atoms with Gasteiger partial charge in [0.05, 0.1) is 12.1 Å². The summed E-state index contributed by atoms with van der Waals surface area (Å²) >= 11 is 0. The Hall–Kier alpha value is -1.06. The van der Waals surface area contributed by atoms with Gasteiger partial charge in [-0.3, -0.25) is 0 Å². The molecule has 76 valence electrons.